The van der Waals surface area contributed by atoms with Crippen molar-refractivity contribution in [1.82, 2.24) is 5.32 Å². The number of aryl methyl sites for hydroxylation is 1. The van der Waals surface area contributed by atoms with E-state index in [0.717, 1.165) is 11.1 Å². The van der Waals surface area contributed by atoms with E-state index in [0.29, 0.717) is 17.0 Å². The van der Waals surface area contributed by atoms with Gasteiger partial charge in [0.05, 0.1) is 10.1 Å². The summed E-state index contributed by atoms with van der Waals surface area (Å²) in [6.07, 6.45) is 0. The summed E-state index contributed by atoms with van der Waals surface area (Å²) in [6.45, 7) is 5.56. The Hall–Kier alpha value is -2.14. The number of nitrogens with one attached hydrogen (secondary N) is 1. The maximum absolute atomic E-state index is 12.1. The van der Waals surface area contributed by atoms with Crippen molar-refractivity contribution < 1.29 is 13.2 Å². The molecule has 1 amide bonds. The molecule has 23 heavy (non-hydrogen) atoms. The predicted octanol–water partition coefficient (Wildman–Crippen LogP) is 3.11. The second-order valence-corrected chi connectivity index (χ2v) is 8.24. The van der Waals surface area contributed by atoms with Gasteiger partial charge in [0.15, 0.2) is 9.84 Å². The van der Waals surface area contributed by atoms with Crippen LogP contribution >= 0.6 is 0 Å². The summed E-state index contributed by atoms with van der Waals surface area (Å²) in [4.78, 5) is 12.5. The average Bonchev–Trinajstić information content (AvgIpc) is 2.53. The predicted molar refractivity (Wildman–Crippen MR) is 91.1 cm³/mol. The molecule has 0 unspecified atom stereocenters. The minimum Gasteiger partial charge on any atom is -0.348 e. The van der Waals surface area contributed by atoms with Crippen LogP contribution in [0.2, 0.25) is 0 Å². The Kier molecular flexibility index (Phi) is 5.21. The Labute approximate surface area is 137 Å². The van der Waals surface area contributed by atoms with Crippen molar-refractivity contribution in [2.75, 3.05) is 0 Å². The van der Waals surface area contributed by atoms with Gasteiger partial charge in [-0.15, -0.1) is 0 Å². The van der Waals surface area contributed by atoms with Crippen LogP contribution in [0.15, 0.2) is 53.4 Å². The molecule has 2 aromatic carbocycles. The average molecular weight is 331 g/mol. The van der Waals surface area contributed by atoms with E-state index >= 15 is 0 Å². The van der Waals surface area contributed by atoms with Crippen LogP contribution in [0.5, 0.6) is 0 Å². The van der Waals surface area contributed by atoms with Gasteiger partial charge in [0.2, 0.25) is 0 Å². The smallest absolute Gasteiger partial charge is 0.251 e. The highest BCUT2D eigenvalue weighted by atomic mass is 32.2. The molecule has 0 saturated heterocycles. The number of hydrogen-bond donors (Lipinski definition) is 1. The third-order valence-corrected chi connectivity index (χ3v) is 5.89. The second-order valence-electron chi connectivity index (χ2n) is 5.74. The van der Waals surface area contributed by atoms with E-state index in [4.69, 9.17) is 0 Å². The molecule has 0 bridgehead atoms. The van der Waals surface area contributed by atoms with Crippen molar-refractivity contribution in [1.29, 1.82) is 0 Å². The molecule has 0 fully saturated rings. The summed E-state index contributed by atoms with van der Waals surface area (Å²) in [7, 11) is -3.26. The van der Waals surface area contributed by atoms with Crippen molar-refractivity contribution in [3.63, 3.8) is 0 Å². The van der Waals surface area contributed by atoms with E-state index in [1.807, 2.05) is 25.1 Å². The first-order chi connectivity index (χ1) is 10.8. The summed E-state index contributed by atoms with van der Waals surface area (Å²) in [5.41, 5.74) is 2.42. The molecule has 0 saturated carbocycles. The standard InChI is InChI=1S/C18H21NO3S/c1-13(2)23(21,22)16-10-8-15(9-11-16)12-19-18(20)17-7-5-4-6-14(17)3/h4-11,13H,12H2,1-3H3,(H,19,20). The summed E-state index contributed by atoms with van der Waals surface area (Å²) in [6, 6.07) is 14.0. The minimum absolute atomic E-state index is 0.137. The van der Waals surface area contributed by atoms with Gasteiger partial charge >= 0.3 is 0 Å². The zero-order valence-electron chi connectivity index (χ0n) is 13.5. The van der Waals surface area contributed by atoms with Gasteiger partial charge in [0.1, 0.15) is 0 Å². The molecule has 2 aromatic rings. The lowest BCUT2D eigenvalue weighted by molar-refractivity contribution is 0.0950. The van der Waals surface area contributed by atoms with Crippen LogP contribution in [-0.2, 0) is 16.4 Å². The van der Waals surface area contributed by atoms with Crippen molar-refractivity contribution in [2.45, 2.75) is 37.5 Å². The van der Waals surface area contributed by atoms with Crippen molar-refractivity contribution in [2.24, 2.45) is 0 Å². The molecular weight excluding hydrogens is 310 g/mol. The number of rotatable bonds is 5. The van der Waals surface area contributed by atoms with Crippen molar-refractivity contribution >= 4 is 15.7 Å². The number of carbonyl (C=O) groups is 1. The Morgan fingerprint density at radius 1 is 1.04 bits per heavy atom. The van der Waals surface area contributed by atoms with E-state index in [9.17, 15) is 13.2 Å². The van der Waals surface area contributed by atoms with E-state index in [1.54, 1.807) is 44.2 Å². The Balaban J connectivity index is 2.05. The largest absolute Gasteiger partial charge is 0.348 e. The molecule has 0 spiro atoms. The molecule has 0 aliphatic heterocycles. The zero-order chi connectivity index (χ0) is 17.0. The molecular formula is C18H21NO3S. The first-order valence-electron chi connectivity index (χ1n) is 7.49. The number of carbonyl (C=O) groups excluding carboxylic acids is 1. The summed E-state index contributed by atoms with van der Waals surface area (Å²) in [5.74, 6) is -0.137. The van der Waals surface area contributed by atoms with Gasteiger partial charge in [-0.2, -0.15) is 0 Å². The van der Waals surface area contributed by atoms with E-state index in [-0.39, 0.29) is 5.91 Å². The van der Waals surface area contributed by atoms with Gasteiger partial charge in [-0.05, 0) is 50.1 Å². The lowest BCUT2D eigenvalue weighted by Gasteiger charge is -2.10. The van der Waals surface area contributed by atoms with Crippen LogP contribution in [-0.4, -0.2) is 19.6 Å². The van der Waals surface area contributed by atoms with Gasteiger partial charge in [-0.25, -0.2) is 8.42 Å². The first kappa shape index (κ1) is 17.2. The normalized spacial score (nSPS) is 11.5. The highest BCUT2D eigenvalue weighted by molar-refractivity contribution is 7.92. The molecule has 0 aromatic heterocycles. The number of hydrogen-bond acceptors (Lipinski definition) is 3. The van der Waals surface area contributed by atoms with E-state index in [2.05, 4.69) is 5.32 Å². The Bertz CT molecular complexity index is 793. The van der Waals surface area contributed by atoms with Crippen LogP contribution < -0.4 is 5.32 Å². The van der Waals surface area contributed by atoms with Crippen LogP contribution in [0.25, 0.3) is 0 Å². The molecule has 0 radical (unpaired) electrons. The SMILES string of the molecule is Cc1ccccc1C(=O)NCc1ccc(S(=O)(=O)C(C)C)cc1. The number of amides is 1. The topological polar surface area (TPSA) is 63.2 Å². The van der Waals surface area contributed by atoms with Gasteiger partial charge in [0.25, 0.3) is 5.91 Å². The monoisotopic (exact) mass is 331 g/mol. The molecule has 0 aliphatic rings. The lowest BCUT2D eigenvalue weighted by Crippen LogP contribution is -2.23. The van der Waals surface area contributed by atoms with Crippen LogP contribution in [0, 0.1) is 6.92 Å². The maximum atomic E-state index is 12.1. The highest BCUT2D eigenvalue weighted by Gasteiger charge is 2.18. The summed E-state index contributed by atoms with van der Waals surface area (Å²) >= 11 is 0. The molecule has 1 N–H and O–H groups in total. The Morgan fingerprint density at radius 2 is 1.65 bits per heavy atom. The van der Waals surface area contributed by atoms with Gasteiger partial charge in [-0.3, -0.25) is 4.79 Å². The molecule has 2 rings (SSSR count). The fourth-order valence-corrected chi connectivity index (χ4v) is 3.23. The van der Waals surface area contributed by atoms with Crippen LogP contribution in [0.1, 0.15) is 35.3 Å². The summed E-state index contributed by atoms with van der Waals surface area (Å²) in [5, 5.41) is 2.40. The minimum atomic E-state index is -3.26. The maximum Gasteiger partial charge on any atom is 0.251 e. The molecule has 0 heterocycles. The third kappa shape index (κ3) is 3.99. The lowest BCUT2D eigenvalue weighted by atomic mass is 10.1. The van der Waals surface area contributed by atoms with Gasteiger partial charge in [-0.1, -0.05) is 30.3 Å². The van der Waals surface area contributed by atoms with Gasteiger partial charge < -0.3 is 5.32 Å². The molecule has 0 aliphatic carbocycles. The van der Waals surface area contributed by atoms with E-state index in [1.165, 1.54) is 0 Å². The van der Waals surface area contributed by atoms with E-state index < -0.39 is 15.1 Å². The summed E-state index contributed by atoms with van der Waals surface area (Å²) < 4.78 is 24.1. The Morgan fingerprint density at radius 3 is 2.22 bits per heavy atom. The fourth-order valence-electron chi connectivity index (χ4n) is 2.17. The number of benzene rings is 2. The third-order valence-electron chi connectivity index (χ3n) is 3.72. The molecule has 122 valence electrons. The highest BCUT2D eigenvalue weighted by Crippen LogP contribution is 2.16. The number of sulfone groups is 1. The first-order valence-corrected chi connectivity index (χ1v) is 9.03. The van der Waals surface area contributed by atoms with Crippen LogP contribution in [0.4, 0.5) is 0 Å². The molecule has 0 atom stereocenters. The molecule has 5 heteroatoms. The fraction of sp³-hybridized carbons (Fsp3) is 0.278. The second kappa shape index (κ2) is 6.96. The van der Waals surface area contributed by atoms with Crippen LogP contribution in [0.3, 0.4) is 0 Å². The van der Waals surface area contributed by atoms with Crippen molar-refractivity contribution in [3.05, 3.63) is 65.2 Å². The zero-order valence-corrected chi connectivity index (χ0v) is 14.4. The van der Waals surface area contributed by atoms with Gasteiger partial charge in [0, 0.05) is 12.1 Å². The molecule has 4 nitrogen and oxygen atoms in total. The van der Waals surface area contributed by atoms with Crippen molar-refractivity contribution in [3.8, 4) is 0 Å². The quantitative estimate of drug-likeness (QED) is 0.915.